The smallest absolute Gasteiger partial charge is 0.243 e. The Hall–Kier alpha value is -2.50. The van der Waals surface area contributed by atoms with E-state index in [1.54, 1.807) is 18.2 Å². The number of piperazine rings is 1. The second kappa shape index (κ2) is 6.67. The van der Waals surface area contributed by atoms with Gasteiger partial charge in [0.25, 0.3) is 0 Å². The van der Waals surface area contributed by atoms with Gasteiger partial charge in [0.2, 0.25) is 10.0 Å². The normalized spacial score (nSPS) is 17.7. The fraction of sp³-hybridized carbons (Fsp3) is 0.389. The first-order valence-corrected chi connectivity index (χ1v) is 10.1. The number of hydrogen-bond donors (Lipinski definition) is 0. The maximum Gasteiger partial charge on any atom is 0.243 e. The first kappa shape index (κ1) is 16.9. The summed E-state index contributed by atoms with van der Waals surface area (Å²) >= 11 is 0. The van der Waals surface area contributed by atoms with Gasteiger partial charge in [-0.2, -0.15) is 9.57 Å². The number of nitriles is 1. The Morgan fingerprint density at radius 2 is 1.73 bits per heavy atom. The molecule has 0 radical (unpaired) electrons. The van der Waals surface area contributed by atoms with Crippen molar-refractivity contribution in [1.82, 2.24) is 14.5 Å². The van der Waals surface area contributed by atoms with Crippen molar-refractivity contribution in [3.63, 3.8) is 0 Å². The molecule has 2 aromatic rings. The molecule has 0 saturated carbocycles. The minimum atomic E-state index is -3.47. The van der Waals surface area contributed by atoms with Gasteiger partial charge in [-0.3, -0.25) is 0 Å². The van der Waals surface area contributed by atoms with E-state index >= 15 is 0 Å². The van der Waals surface area contributed by atoms with E-state index in [1.165, 1.54) is 9.87 Å². The lowest BCUT2D eigenvalue weighted by Gasteiger charge is -2.34. The third kappa shape index (κ3) is 3.04. The summed E-state index contributed by atoms with van der Waals surface area (Å²) in [6, 6.07) is 10.8. The summed E-state index contributed by atoms with van der Waals surface area (Å²) in [6.45, 7) is 1.90. The lowest BCUT2D eigenvalue weighted by atomic mass is 10.1. The van der Waals surface area contributed by atoms with Gasteiger partial charge in [0.1, 0.15) is 6.07 Å². The standard InChI is InChI=1S/C18H19N5O2S/c19-13-16-5-7-18(21-20-16)22-8-10-23(11-9-22)26(24,25)17-6-4-14-2-1-3-15(14)12-17/h4-7,12H,1-3,8-11H2. The van der Waals surface area contributed by atoms with E-state index in [2.05, 4.69) is 10.2 Å². The number of anilines is 1. The average molecular weight is 369 g/mol. The first-order valence-electron chi connectivity index (χ1n) is 8.69. The van der Waals surface area contributed by atoms with Crippen molar-refractivity contribution >= 4 is 15.8 Å². The van der Waals surface area contributed by atoms with Gasteiger partial charge in [-0.1, -0.05) is 6.07 Å². The molecule has 1 aliphatic heterocycles. The molecule has 1 fully saturated rings. The fourth-order valence-electron chi connectivity index (χ4n) is 3.57. The molecule has 0 amide bonds. The molecule has 1 aromatic heterocycles. The van der Waals surface area contributed by atoms with Crippen LogP contribution >= 0.6 is 0 Å². The van der Waals surface area contributed by atoms with Crippen molar-refractivity contribution in [1.29, 1.82) is 5.26 Å². The van der Waals surface area contributed by atoms with Gasteiger partial charge in [-0.05, 0) is 54.7 Å². The molecule has 8 heteroatoms. The van der Waals surface area contributed by atoms with Crippen LogP contribution < -0.4 is 4.90 Å². The Morgan fingerprint density at radius 3 is 2.42 bits per heavy atom. The zero-order valence-electron chi connectivity index (χ0n) is 14.3. The van der Waals surface area contributed by atoms with Gasteiger partial charge in [0.15, 0.2) is 11.5 Å². The van der Waals surface area contributed by atoms with E-state index in [4.69, 9.17) is 5.26 Å². The second-order valence-electron chi connectivity index (χ2n) is 6.56. The van der Waals surface area contributed by atoms with Crippen LogP contribution in [0.1, 0.15) is 23.2 Å². The third-order valence-corrected chi connectivity index (χ3v) is 6.93. The van der Waals surface area contributed by atoms with E-state index in [9.17, 15) is 8.42 Å². The second-order valence-corrected chi connectivity index (χ2v) is 8.50. The van der Waals surface area contributed by atoms with E-state index in [1.807, 2.05) is 23.1 Å². The summed E-state index contributed by atoms with van der Waals surface area (Å²) in [4.78, 5) is 2.38. The zero-order chi connectivity index (χ0) is 18.1. The minimum absolute atomic E-state index is 0.270. The first-order chi connectivity index (χ1) is 12.6. The van der Waals surface area contributed by atoms with Crippen LogP contribution in [-0.4, -0.2) is 49.1 Å². The van der Waals surface area contributed by atoms with Crippen LogP contribution in [0.25, 0.3) is 0 Å². The number of aryl methyl sites for hydroxylation is 2. The highest BCUT2D eigenvalue weighted by Gasteiger charge is 2.29. The Kier molecular flexibility index (Phi) is 4.34. The molecule has 1 saturated heterocycles. The highest BCUT2D eigenvalue weighted by Crippen LogP contribution is 2.27. The summed E-state index contributed by atoms with van der Waals surface area (Å²) in [5.74, 6) is 0.665. The Bertz CT molecular complexity index is 958. The monoisotopic (exact) mass is 369 g/mol. The Balaban J connectivity index is 1.47. The molecule has 2 aliphatic rings. The average Bonchev–Trinajstić information content (AvgIpc) is 3.16. The number of hydrogen-bond acceptors (Lipinski definition) is 6. The molecule has 7 nitrogen and oxygen atoms in total. The zero-order valence-corrected chi connectivity index (χ0v) is 15.1. The Morgan fingerprint density at radius 1 is 0.962 bits per heavy atom. The highest BCUT2D eigenvalue weighted by molar-refractivity contribution is 7.89. The summed E-state index contributed by atoms with van der Waals surface area (Å²) in [7, 11) is -3.47. The van der Waals surface area contributed by atoms with Crippen molar-refractivity contribution in [2.75, 3.05) is 31.1 Å². The summed E-state index contributed by atoms with van der Waals surface area (Å²) < 4.78 is 27.5. The third-order valence-electron chi connectivity index (χ3n) is 5.04. The summed E-state index contributed by atoms with van der Waals surface area (Å²) in [5, 5.41) is 16.7. The van der Waals surface area contributed by atoms with Crippen molar-refractivity contribution in [2.24, 2.45) is 0 Å². The van der Waals surface area contributed by atoms with E-state index in [-0.39, 0.29) is 5.69 Å². The molecule has 4 rings (SSSR count). The van der Waals surface area contributed by atoms with Gasteiger partial charge in [0.05, 0.1) is 4.90 Å². The van der Waals surface area contributed by atoms with Gasteiger partial charge >= 0.3 is 0 Å². The number of benzene rings is 1. The van der Waals surface area contributed by atoms with Crippen LogP contribution in [0.5, 0.6) is 0 Å². The van der Waals surface area contributed by atoms with Crippen LogP contribution in [0.3, 0.4) is 0 Å². The van der Waals surface area contributed by atoms with Crippen molar-refractivity contribution < 1.29 is 8.42 Å². The van der Waals surface area contributed by atoms with Gasteiger partial charge in [-0.15, -0.1) is 10.2 Å². The molecule has 0 bridgehead atoms. The van der Waals surface area contributed by atoms with Gasteiger partial charge in [-0.25, -0.2) is 8.42 Å². The van der Waals surface area contributed by atoms with E-state index in [0.29, 0.717) is 36.9 Å². The van der Waals surface area contributed by atoms with Gasteiger partial charge in [0, 0.05) is 26.2 Å². The molecular weight excluding hydrogens is 350 g/mol. The SMILES string of the molecule is N#Cc1ccc(N2CCN(S(=O)(=O)c3ccc4c(c3)CCC4)CC2)nn1. The lowest BCUT2D eigenvalue weighted by molar-refractivity contribution is 0.383. The predicted molar refractivity (Wildman–Crippen MR) is 96.2 cm³/mol. The maximum atomic E-state index is 13.0. The molecule has 0 spiro atoms. The van der Waals surface area contributed by atoms with E-state index in [0.717, 1.165) is 24.8 Å². The molecule has 134 valence electrons. The molecule has 2 heterocycles. The number of rotatable bonds is 3. The largest absolute Gasteiger partial charge is 0.352 e. The quantitative estimate of drug-likeness (QED) is 0.811. The lowest BCUT2D eigenvalue weighted by Crippen LogP contribution is -2.49. The summed E-state index contributed by atoms with van der Waals surface area (Å²) in [5.41, 5.74) is 2.71. The minimum Gasteiger partial charge on any atom is -0.352 e. The Labute approximate surface area is 152 Å². The highest BCUT2D eigenvalue weighted by atomic mass is 32.2. The summed E-state index contributed by atoms with van der Waals surface area (Å²) in [6.07, 6.45) is 3.10. The maximum absolute atomic E-state index is 13.0. The fourth-order valence-corrected chi connectivity index (χ4v) is 5.04. The van der Waals surface area contributed by atoms with Crippen molar-refractivity contribution in [2.45, 2.75) is 24.2 Å². The number of fused-ring (bicyclic) bond motifs is 1. The molecule has 0 unspecified atom stereocenters. The number of sulfonamides is 1. The molecule has 1 aliphatic carbocycles. The topological polar surface area (TPSA) is 90.2 Å². The molecule has 26 heavy (non-hydrogen) atoms. The van der Waals surface area contributed by atoms with E-state index < -0.39 is 10.0 Å². The predicted octanol–water partition coefficient (Wildman–Crippen LogP) is 1.35. The number of aromatic nitrogens is 2. The van der Waals surface area contributed by atoms with Crippen LogP contribution in [0.15, 0.2) is 35.2 Å². The van der Waals surface area contributed by atoms with Crippen LogP contribution in [0.4, 0.5) is 5.82 Å². The van der Waals surface area contributed by atoms with Crippen molar-refractivity contribution in [3.05, 3.63) is 47.2 Å². The van der Waals surface area contributed by atoms with Crippen molar-refractivity contribution in [3.8, 4) is 6.07 Å². The van der Waals surface area contributed by atoms with Crippen LogP contribution in [-0.2, 0) is 22.9 Å². The van der Waals surface area contributed by atoms with Crippen LogP contribution in [0, 0.1) is 11.3 Å². The van der Waals surface area contributed by atoms with Crippen LogP contribution in [0.2, 0.25) is 0 Å². The molecular formula is C18H19N5O2S. The molecule has 1 aromatic carbocycles. The number of nitrogens with zero attached hydrogens (tertiary/aromatic N) is 5. The molecule has 0 atom stereocenters. The molecule has 0 N–H and O–H groups in total. The van der Waals surface area contributed by atoms with Gasteiger partial charge < -0.3 is 4.90 Å².